The van der Waals surface area contributed by atoms with Gasteiger partial charge >= 0.3 is 18.3 Å². The number of rotatable bonds is 6. The number of nitrogens with one attached hydrogen (secondary N) is 1. The highest BCUT2D eigenvalue weighted by Crippen LogP contribution is 2.37. The van der Waals surface area contributed by atoms with Crippen LogP contribution in [0.4, 0.5) is 26.3 Å². The number of halogens is 6. The molecule has 0 aliphatic carbocycles. The minimum absolute atomic E-state index is 0.0781. The summed E-state index contributed by atoms with van der Waals surface area (Å²) in [7, 11) is -4.67. The van der Waals surface area contributed by atoms with Gasteiger partial charge in [0.05, 0.1) is 16.0 Å². The molecule has 1 aromatic rings. The summed E-state index contributed by atoms with van der Waals surface area (Å²) in [5.41, 5.74) is -3.52. The topological polar surface area (TPSA) is 83.5 Å². The van der Waals surface area contributed by atoms with Crippen LogP contribution >= 0.6 is 0 Å². The molecule has 1 rings (SSSR count). The standard InChI is InChI=1S/C12H11F6NO4S/c13-11(14,15)7-4-8(12(16,17)18)6-9(5-7)24(22,23)19-3-1-2-10(20)21/h4-6,19H,1-3H2,(H,20,21). The van der Waals surface area contributed by atoms with Gasteiger partial charge in [-0.1, -0.05) is 0 Å². The van der Waals surface area contributed by atoms with Gasteiger partial charge in [-0.25, -0.2) is 13.1 Å². The summed E-state index contributed by atoms with van der Waals surface area (Å²) in [5, 5.41) is 8.38. The van der Waals surface area contributed by atoms with Gasteiger partial charge in [0.2, 0.25) is 10.0 Å². The summed E-state index contributed by atoms with van der Waals surface area (Å²) in [6.45, 7) is -0.452. The number of hydrogen-bond acceptors (Lipinski definition) is 3. The average Bonchev–Trinajstić information content (AvgIpc) is 2.41. The highest BCUT2D eigenvalue weighted by Gasteiger charge is 2.38. The Hall–Kier alpha value is -1.82. The SMILES string of the molecule is O=C(O)CCCNS(=O)(=O)c1cc(C(F)(F)F)cc(C(F)(F)F)c1. The average molecular weight is 379 g/mol. The van der Waals surface area contributed by atoms with Crippen molar-refractivity contribution < 1.29 is 44.7 Å². The van der Waals surface area contributed by atoms with Crippen molar-refractivity contribution in [1.29, 1.82) is 0 Å². The molecule has 0 aromatic heterocycles. The largest absolute Gasteiger partial charge is 0.481 e. The summed E-state index contributed by atoms with van der Waals surface area (Å²) in [4.78, 5) is 9.07. The Morgan fingerprint density at radius 2 is 1.46 bits per heavy atom. The maximum Gasteiger partial charge on any atom is 0.416 e. The van der Waals surface area contributed by atoms with Crippen molar-refractivity contribution in [3.05, 3.63) is 29.3 Å². The molecule has 0 saturated carbocycles. The molecule has 0 atom stereocenters. The number of carboxylic acids is 1. The molecule has 0 spiro atoms. The quantitative estimate of drug-likeness (QED) is 0.588. The number of sulfonamides is 1. The lowest BCUT2D eigenvalue weighted by Crippen LogP contribution is -2.26. The van der Waals surface area contributed by atoms with Crippen LogP contribution in [0.25, 0.3) is 0 Å². The van der Waals surface area contributed by atoms with Gasteiger partial charge in [-0.15, -0.1) is 0 Å². The fourth-order valence-corrected chi connectivity index (χ4v) is 2.75. The van der Waals surface area contributed by atoms with E-state index in [4.69, 9.17) is 5.11 Å². The third-order valence-corrected chi connectivity index (χ3v) is 4.17. The van der Waals surface area contributed by atoms with Crippen molar-refractivity contribution in [2.45, 2.75) is 30.1 Å². The third-order valence-electron chi connectivity index (χ3n) is 2.73. The molecule has 0 bridgehead atoms. The second-order valence-corrected chi connectivity index (χ2v) is 6.40. The molecule has 2 N–H and O–H groups in total. The van der Waals surface area contributed by atoms with E-state index in [0.29, 0.717) is 0 Å². The monoisotopic (exact) mass is 379 g/mol. The molecule has 5 nitrogen and oxygen atoms in total. The normalized spacial score (nSPS) is 13.1. The summed E-state index contributed by atoms with van der Waals surface area (Å²) < 4.78 is 101. The first-order valence-corrected chi connectivity index (χ1v) is 7.73. The second kappa shape index (κ2) is 6.97. The van der Waals surface area contributed by atoms with E-state index in [0.717, 1.165) is 0 Å². The molecule has 0 aliphatic rings. The van der Waals surface area contributed by atoms with Crippen LogP contribution in [0.15, 0.2) is 23.1 Å². The van der Waals surface area contributed by atoms with Crippen LogP contribution in [-0.2, 0) is 27.2 Å². The number of alkyl halides is 6. The fraction of sp³-hybridized carbons (Fsp3) is 0.417. The first-order chi connectivity index (χ1) is 10.7. The Morgan fingerprint density at radius 3 is 1.83 bits per heavy atom. The zero-order valence-electron chi connectivity index (χ0n) is 11.7. The predicted octanol–water partition coefficient (Wildman–Crippen LogP) is 2.87. The van der Waals surface area contributed by atoms with E-state index in [1.54, 1.807) is 4.72 Å². The van der Waals surface area contributed by atoms with Crippen molar-refractivity contribution in [1.82, 2.24) is 4.72 Å². The lowest BCUT2D eigenvalue weighted by Gasteiger charge is -2.14. The molecule has 0 radical (unpaired) electrons. The highest BCUT2D eigenvalue weighted by molar-refractivity contribution is 7.89. The van der Waals surface area contributed by atoms with E-state index in [9.17, 15) is 39.6 Å². The molecule has 0 fully saturated rings. The fourth-order valence-electron chi connectivity index (χ4n) is 1.61. The number of hydrogen-bond donors (Lipinski definition) is 2. The van der Waals surface area contributed by atoms with Crippen LogP contribution < -0.4 is 4.72 Å². The van der Waals surface area contributed by atoms with E-state index >= 15 is 0 Å². The molecular weight excluding hydrogens is 368 g/mol. The summed E-state index contributed by atoms with van der Waals surface area (Å²) in [6.07, 6.45) is -10.9. The van der Waals surface area contributed by atoms with Gasteiger partial charge in [0.25, 0.3) is 0 Å². The predicted molar refractivity (Wildman–Crippen MR) is 68.5 cm³/mol. The van der Waals surface area contributed by atoms with Gasteiger partial charge in [0, 0.05) is 13.0 Å². The zero-order chi connectivity index (χ0) is 18.8. The van der Waals surface area contributed by atoms with Crippen LogP contribution in [-0.4, -0.2) is 26.0 Å². The van der Waals surface area contributed by atoms with Crippen LogP contribution in [0.1, 0.15) is 24.0 Å². The van der Waals surface area contributed by atoms with E-state index in [2.05, 4.69) is 0 Å². The molecule has 0 heterocycles. The molecular formula is C12H11F6NO4S. The van der Waals surface area contributed by atoms with Crippen molar-refractivity contribution in [2.75, 3.05) is 6.54 Å². The molecule has 0 saturated heterocycles. The molecule has 0 amide bonds. The van der Waals surface area contributed by atoms with E-state index < -0.39 is 57.3 Å². The minimum atomic E-state index is -5.17. The van der Waals surface area contributed by atoms with E-state index in [1.165, 1.54) is 0 Å². The van der Waals surface area contributed by atoms with Crippen LogP contribution in [0.5, 0.6) is 0 Å². The third kappa shape index (κ3) is 5.67. The maximum absolute atomic E-state index is 12.7. The lowest BCUT2D eigenvalue weighted by atomic mass is 10.1. The Bertz CT molecular complexity index is 679. The number of carboxylic acid groups (broad SMARTS) is 1. The summed E-state index contributed by atoms with van der Waals surface area (Å²) in [5.74, 6) is -1.23. The van der Waals surface area contributed by atoms with Gasteiger partial charge in [0.1, 0.15) is 0 Å². The first-order valence-electron chi connectivity index (χ1n) is 6.24. The Labute approximate surface area is 132 Å². The van der Waals surface area contributed by atoms with Gasteiger partial charge < -0.3 is 5.11 Å². The number of carbonyl (C=O) groups is 1. The minimum Gasteiger partial charge on any atom is -0.481 e. The molecule has 24 heavy (non-hydrogen) atoms. The van der Waals surface area contributed by atoms with E-state index in [-0.39, 0.29) is 24.6 Å². The molecule has 12 heteroatoms. The summed E-state index contributed by atoms with van der Waals surface area (Å²) >= 11 is 0. The molecule has 1 aromatic carbocycles. The maximum atomic E-state index is 12.7. The van der Waals surface area contributed by atoms with Gasteiger partial charge in [-0.3, -0.25) is 4.79 Å². The first kappa shape index (κ1) is 20.2. The van der Waals surface area contributed by atoms with Crippen molar-refractivity contribution >= 4 is 16.0 Å². The van der Waals surface area contributed by atoms with Crippen molar-refractivity contribution in [3.8, 4) is 0 Å². The zero-order valence-corrected chi connectivity index (χ0v) is 12.5. The lowest BCUT2D eigenvalue weighted by molar-refractivity contribution is -0.143. The van der Waals surface area contributed by atoms with Crippen LogP contribution in [0.2, 0.25) is 0 Å². The second-order valence-electron chi connectivity index (χ2n) is 4.64. The van der Waals surface area contributed by atoms with E-state index in [1.807, 2.05) is 0 Å². The summed E-state index contributed by atoms with van der Waals surface area (Å²) in [6, 6.07) is -0.0347. The molecule has 136 valence electrons. The van der Waals surface area contributed by atoms with Gasteiger partial charge in [0.15, 0.2) is 0 Å². The van der Waals surface area contributed by atoms with Crippen LogP contribution in [0, 0.1) is 0 Å². The Kier molecular flexibility index (Phi) is 5.87. The van der Waals surface area contributed by atoms with Crippen molar-refractivity contribution in [2.24, 2.45) is 0 Å². The highest BCUT2D eigenvalue weighted by atomic mass is 32.2. The number of aliphatic carboxylic acids is 1. The van der Waals surface area contributed by atoms with Crippen LogP contribution in [0.3, 0.4) is 0 Å². The van der Waals surface area contributed by atoms with Gasteiger partial charge in [-0.2, -0.15) is 26.3 Å². The molecule has 0 unspecified atom stereocenters. The Balaban J connectivity index is 3.19. The number of benzene rings is 1. The smallest absolute Gasteiger partial charge is 0.416 e. The Morgan fingerprint density at radius 1 is 1.00 bits per heavy atom. The van der Waals surface area contributed by atoms with Crippen molar-refractivity contribution in [3.63, 3.8) is 0 Å². The molecule has 0 aliphatic heterocycles. The van der Waals surface area contributed by atoms with Gasteiger partial charge in [-0.05, 0) is 24.6 Å².